The minimum atomic E-state index is -3.47. The van der Waals surface area contributed by atoms with E-state index in [1.807, 2.05) is 25.1 Å². The molecule has 0 spiro atoms. The van der Waals surface area contributed by atoms with Crippen LogP contribution >= 0.6 is 0 Å². The molecule has 0 radical (unpaired) electrons. The summed E-state index contributed by atoms with van der Waals surface area (Å²) in [5.74, 6) is -2.39. The van der Waals surface area contributed by atoms with Crippen LogP contribution in [-0.2, 0) is 26.0 Å². The number of hydrogen-bond acceptors (Lipinski definition) is 8. The number of amides is 4. The quantitative estimate of drug-likeness (QED) is 0.464. The van der Waals surface area contributed by atoms with Crippen LogP contribution in [0.25, 0.3) is 11.1 Å². The Balaban J connectivity index is 1.45. The monoisotopic (exact) mass is 559 g/mol. The van der Waals surface area contributed by atoms with Gasteiger partial charge in [0, 0.05) is 36.6 Å². The average molecular weight is 560 g/mol. The van der Waals surface area contributed by atoms with Crippen LogP contribution in [0, 0.1) is 6.92 Å². The fourth-order valence-electron chi connectivity index (χ4n) is 5.47. The van der Waals surface area contributed by atoms with Crippen LogP contribution in [0.4, 0.5) is 17.1 Å². The Bertz CT molecular complexity index is 1750. The summed E-state index contributed by atoms with van der Waals surface area (Å²) in [5, 5.41) is 5.49. The molecule has 6 rings (SSSR count). The van der Waals surface area contributed by atoms with Crippen molar-refractivity contribution >= 4 is 50.7 Å². The number of carbonyl (C=O) groups is 4. The first kappa shape index (κ1) is 25.7. The Morgan fingerprint density at radius 1 is 0.975 bits per heavy atom. The first-order chi connectivity index (χ1) is 19.0. The van der Waals surface area contributed by atoms with Crippen molar-refractivity contribution in [3.05, 3.63) is 71.0 Å². The van der Waals surface area contributed by atoms with E-state index in [2.05, 4.69) is 15.6 Å². The van der Waals surface area contributed by atoms with Crippen LogP contribution in [-0.4, -0.2) is 60.8 Å². The second kappa shape index (κ2) is 9.26. The van der Waals surface area contributed by atoms with E-state index in [9.17, 15) is 27.6 Å². The number of imide groups is 2. The number of sulfonamides is 1. The van der Waals surface area contributed by atoms with Gasteiger partial charge in [-0.05, 0) is 67.3 Å². The van der Waals surface area contributed by atoms with E-state index in [1.54, 1.807) is 24.4 Å². The third-order valence-electron chi connectivity index (χ3n) is 7.55. The molecule has 3 aliphatic rings. The first-order valence-corrected chi connectivity index (χ1v) is 14.3. The molecule has 1 atom stereocenters. The maximum absolute atomic E-state index is 13.6. The summed E-state index contributed by atoms with van der Waals surface area (Å²) in [6.07, 6.45) is 2.12. The van der Waals surface area contributed by atoms with Gasteiger partial charge in [-0.15, -0.1) is 0 Å². The number of fused-ring (bicyclic) bond motifs is 2. The van der Waals surface area contributed by atoms with Gasteiger partial charge in [-0.2, -0.15) is 0 Å². The molecule has 1 saturated heterocycles. The molecule has 0 bridgehead atoms. The van der Waals surface area contributed by atoms with Crippen molar-refractivity contribution in [2.45, 2.75) is 32.2 Å². The van der Waals surface area contributed by atoms with Gasteiger partial charge < -0.3 is 5.32 Å². The number of aromatic nitrogens is 1. The maximum Gasteiger partial charge on any atom is 0.264 e. The van der Waals surface area contributed by atoms with Gasteiger partial charge in [0.25, 0.3) is 11.8 Å². The Morgan fingerprint density at radius 3 is 2.52 bits per heavy atom. The van der Waals surface area contributed by atoms with Gasteiger partial charge in [-0.3, -0.25) is 38.7 Å². The molecule has 4 heterocycles. The lowest BCUT2D eigenvalue weighted by atomic mass is 9.97. The number of rotatable bonds is 4. The number of hydrogen-bond donors (Lipinski definition) is 2. The lowest BCUT2D eigenvalue weighted by Gasteiger charge is -2.29. The highest BCUT2D eigenvalue weighted by Gasteiger charge is 2.45. The van der Waals surface area contributed by atoms with Gasteiger partial charge in [0.1, 0.15) is 6.04 Å². The number of nitrogens with one attached hydrogen (secondary N) is 2. The fraction of sp³-hybridized carbons (Fsp3) is 0.250. The number of aryl methyl sites for hydroxylation is 2. The summed E-state index contributed by atoms with van der Waals surface area (Å²) >= 11 is 0. The molecule has 12 heteroatoms. The predicted octanol–water partition coefficient (Wildman–Crippen LogP) is 2.52. The topological polar surface area (TPSA) is 146 Å². The Morgan fingerprint density at radius 2 is 1.77 bits per heavy atom. The summed E-state index contributed by atoms with van der Waals surface area (Å²) < 4.78 is 26.5. The van der Waals surface area contributed by atoms with E-state index < -0.39 is 39.7 Å². The molecule has 0 aliphatic carbocycles. The van der Waals surface area contributed by atoms with Crippen LogP contribution in [0.1, 0.15) is 44.8 Å². The van der Waals surface area contributed by atoms with Gasteiger partial charge in [-0.25, -0.2) is 8.42 Å². The number of anilines is 3. The number of nitrogens with zero attached hydrogens (tertiary/aromatic N) is 3. The van der Waals surface area contributed by atoms with E-state index >= 15 is 0 Å². The maximum atomic E-state index is 13.6. The van der Waals surface area contributed by atoms with E-state index in [0.717, 1.165) is 27.3 Å². The molecule has 40 heavy (non-hydrogen) atoms. The van der Waals surface area contributed by atoms with Crippen LogP contribution < -0.4 is 14.9 Å². The van der Waals surface area contributed by atoms with Gasteiger partial charge in [0.2, 0.25) is 21.8 Å². The van der Waals surface area contributed by atoms with Crippen LogP contribution in [0.3, 0.4) is 0 Å². The minimum absolute atomic E-state index is 0.00291. The predicted molar refractivity (Wildman–Crippen MR) is 147 cm³/mol. The summed E-state index contributed by atoms with van der Waals surface area (Å²) in [7, 11) is -1.97. The van der Waals surface area contributed by atoms with Crippen molar-refractivity contribution in [1.82, 2.24) is 15.2 Å². The van der Waals surface area contributed by atoms with Crippen molar-refractivity contribution < 1.29 is 27.6 Å². The minimum Gasteiger partial charge on any atom is -0.354 e. The summed E-state index contributed by atoms with van der Waals surface area (Å²) in [5.41, 5.74) is 4.89. The molecule has 1 aromatic heterocycles. The highest BCUT2D eigenvalue weighted by Crippen LogP contribution is 2.41. The molecule has 1 fully saturated rings. The fourth-order valence-corrected chi connectivity index (χ4v) is 6.69. The molecular weight excluding hydrogens is 534 g/mol. The lowest BCUT2D eigenvalue weighted by Crippen LogP contribution is -2.54. The highest BCUT2D eigenvalue weighted by atomic mass is 32.2. The van der Waals surface area contributed by atoms with Gasteiger partial charge in [0.05, 0.1) is 28.3 Å². The van der Waals surface area contributed by atoms with Crippen LogP contribution in [0.5, 0.6) is 0 Å². The van der Waals surface area contributed by atoms with E-state index in [0.29, 0.717) is 23.5 Å². The van der Waals surface area contributed by atoms with Crippen molar-refractivity contribution in [2.75, 3.05) is 22.4 Å². The number of benzene rings is 2. The molecule has 3 aliphatic heterocycles. The highest BCUT2D eigenvalue weighted by molar-refractivity contribution is 7.92. The molecule has 0 saturated carbocycles. The third kappa shape index (κ3) is 4.11. The molecule has 11 nitrogen and oxygen atoms in total. The lowest BCUT2D eigenvalue weighted by molar-refractivity contribution is -0.136. The largest absolute Gasteiger partial charge is 0.354 e. The second-order valence-corrected chi connectivity index (χ2v) is 12.2. The van der Waals surface area contributed by atoms with Gasteiger partial charge in [-0.1, -0.05) is 6.07 Å². The zero-order valence-corrected chi connectivity index (χ0v) is 22.5. The van der Waals surface area contributed by atoms with Crippen molar-refractivity contribution in [3.63, 3.8) is 0 Å². The zero-order valence-electron chi connectivity index (χ0n) is 21.7. The molecule has 204 valence electrons. The number of pyridine rings is 1. The first-order valence-electron chi connectivity index (χ1n) is 12.7. The molecule has 2 aromatic carbocycles. The SMILES string of the molecule is Cc1cc(-c2cc3c(cc2Nc2cccc4c2C(=O)N(C2CCC(=O)NC2=O)C4=O)N(C)S(=O)(=O)CC3)ccn1. The van der Waals surface area contributed by atoms with Crippen molar-refractivity contribution in [1.29, 1.82) is 0 Å². The van der Waals surface area contributed by atoms with Crippen LogP contribution in [0.2, 0.25) is 0 Å². The summed E-state index contributed by atoms with van der Waals surface area (Å²) in [6, 6.07) is 11.1. The molecule has 2 N–H and O–H groups in total. The molecule has 3 aromatic rings. The second-order valence-electron chi connectivity index (χ2n) is 10.0. The van der Waals surface area contributed by atoms with E-state index in [-0.39, 0.29) is 29.7 Å². The standard InChI is InChI=1S/C28H25N5O6S/c1-15-12-16(8-10-29-15)19-13-17-9-11-40(38,39)32(2)23(17)14-21(19)30-20-5-3-4-18-25(20)28(37)33(27(18)36)22-6-7-24(34)31-26(22)35/h3-5,8,10,12-14,22,30H,6-7,9,11H2,1-2H3,(H,31,34,35). The average Bonchev–Trinajstić information content (AvgIpc) is 3.17. The Hall–Kier alpha value is -4.58. The zero-order chi connectivity index (χ0) is 28.3. The van der Waals surface area contributed by atoms with Gasteiger partial charge >= 0.3 is 0 Å². The molecular formula is C28H25N5O6S. The Labute approximate surface area is 230 Å². The van der Waals surface area contributed by atoms with Gasteiger partial charge in [0.15, 0.2) is 0 Å². The Kier molecular flexibility index (Phi) is 5.95. The molecule has 4 amide bonds. The number of carbonyl (C=O) groups excluding carboxylic acids is 4. The third-order valence-corrected chi connectivity index (χ3v) is 9.30. The van der Waals surface area contributed by atoms with Crippen molar-refractivity contribution in [3.8, 4) is 11.1 Å². The van der Waals surface area contributed by atoms with Crippen molar-refractivity contribution in [2.24, 2.45) is 0 Å². The summed E-state index contributed by atoms with van der Waals surface area (Å²) in [6.45, 7) is 1.87. The normalized spacial score (nSPS) is 19.8. The smallest absolute Gasteiger partial charge is 0.264 e. The van der Waals surface area contributed by atoms with Crippen LogP contribution in [0.15, 0.2) is 48.7 Å². The number of piperidine rings is 1. The van der Waals surface area contributed by atoms with E-state index in [4.69, 9.17) is 0 Å². The molecule has 1 unspecified atom stereocenters. The summed E-state index contributed by atoms with van der Waals surface area (Å²) in [4.78, 5) is 56.3. The van der Waals surface area contributed by atoms with E-state index in [1.165, 1.54) is 17.4 Å².